The highest BCUT2D eigenvalue weighted by Crippen LogP contribution is 2.21. The highest BCUT2D eigenvalue weighted by molar-refractivity contribution is 5.88. The summed E-state index contributed by atoms with van der Waals surface area (Å²) in [5.74, 6) is -1.24. The number of pyridine rings is 1. The Morgan fingerprint density at radius 2 is 1.82 bits per heavy atom. The van der Waals surface area contributed by atoms with Crippen LogP contribution in [0.1, 0.15) is 39.7 Å². The van der Waals surface area contributed by atoms with E-state index in [1.807, 2.05) is 0 Å². The summed E-state index contributed by atoms with van der Waals surface area (Å²) >= 11 is 0. The molecule has 34 heavy (non-hydrogen) atoms. The van der Waals surface area contributed by atoms with Crippen molar-refractivity contribution in [2.45, 2.75) is 33.9 Å². The minimum absolute atomic E-state index is 0.0382. The molecule has 178 valence electrons. The molecule has 2 N–H and O–H groups in total. The second-order valence-electron chi connectivity index (χ2n) is 7.59. The average Bonchev–Trinajstić information content (AvgIpc) is 2.78. The summed E-state index contributed by atoms with van der Waals surface area (Å²) in [6, 6.07) is 11.7. The van der Waals surface area contributed by atoms with Gasteiger partial charge in [-0.15, -0.1) is 0 Å². The van der Waals surface area contributed by atoms with Crippen molar-refractivity contribution in [1.29, 1.82) is 0 Å². The second-order valence-corrected chi connectivity index (χ2v) is 7.59. The lowest BCUT2D eigenvalue weighted by Gasteiger charge is -2.16. The molecule has 0 fully saturated rings. The number of halogens is 1. The largest absolute Gasteiger partial charge is 0.489 e. The van der Waals surface area contributed by atoms with Crippen LogP contribution in [0.3, 0.4) is 0 Å². The van der Waals surface area contributed by atoms with E-state index in [1.54, 1.807) is 39.0 Å². The fraction of sp³-hybridized carbons (Fsp3) is 0.240. The molecule has 1 heterocycles. The zero-order valence-corrected chi connectivity index (χ0v) is 19.1. The number of nitrogens with zero attached hydrogens (tertiary/aromatic N) is 1. The van der Waals surface area contributed by atoms with Gasteiger partial charge >= 0.3 is 12.1 Å². The first-order valence-corrected chi connectivity index (χ1v) is 10.6. The van der Waals surface area contributed by atoms with E-state index in [0.717, 1.165) is 5.56 Å². The quantitative estimate of drug-likeness (QED) is 0.515. The van der Waals surface area contributed by atoms with Crippen molar-refractivity contribution in [2.24, 2.45) is 0 Å². The third-order valence-electron chi connectivity index (χ3n) is 5.15. The molecule has 3 aromatic rings. The van der Waals surface area contributed by atoms with Crippen molar-refractivity contribution >= 4 is 12.1 Å². The Kier molecular flexibility index (Phi) is 7.68. The van der Waals surface area contributed by atoms with Crippen molar-refractivity contribution < 1.29 is 28.6 Å². The van der Waals surface area contributed by atoms with E-state index >= 15 is 0 Å². The monoisotopic (exact) mass is 468 g/mol. The molecule has 0 saturated carbocycles. The van der Waals surface area contributed by atoms with Gasteiger partial charge in [-0.25, -0.2) is 14.0 Å². The van der Waals surface area contributed by atoms with Crippen molar-refractivity contribution in [3.05, 3.63) is 92.6 Å². The first-order valence-electron chi connectivity index (χ1n) is 10.6. The van der Waals surface area contributed by atoms with E-state index in [1.165, 1.54) is 34.9 Å². The van der Waals surface area contributed by atoms with Crippen LogP contribution in [-0.4, -0.2) is 28.3 Å². The number of carboxylic acid groups (broad SMARTS) is 1. The Balaban J connectivity index is 1.83. The molecule has 2 aromatic carbocycles. The maximum Gasteiger partial charge on any atom is 0.407 e. The number of aromatic nitrogens is 1. The number of carbonyl (C=O) groups is 2. The van der Waals surface area contributed by atoms with Gasteiger partial charge in [-0.2, -0.15) is 0 Å². The van der Waals surface area contributed by atoms with Crippen LogP contribution in [0, 0.1) is 19.7 Å². The number of hydrogen-bond acceptors (Lipinski definition) is 5. The molecule has 0 saturated heterocycles. The topological polar surface area (TPSA) is 107 Å². The summed E-state index contributed by atoms with van der Waals surface area (Å²) in [6.45, 7) is 5.49. The average molecular weight is 468 g/mol. The first kappa shape index (κ1) is 24.5. The number of benzene rings is 2. The van der Waals surface area contributed by atoms with Crippen molar-refractivity contribution in [1.82, 2.24) is 9.88 Å². The molecule has 8 nitrogen and oxygen atoms in total. The van der Waals surface area contributed by atoms with Crippen LogP contribution in [0.15, 0.2) is 53.3 Å². The number of rotatable bonds is 8. The van der Waals surface area contributed by atoms with Crippen LogP contribution < -0.4 is 15.6 Å². The van der Waals surface area contributed by atoms with Crippen LogP contribution >= 0.6 is 0 Å². The highest BCUT2D eigenvalue weighted by atomic mass is 19.1. The zero-order valence-electron chi connectivity index (χ0n) is 19.1. The van der Waals surface area contributed by atoms with Crippen molar-refractivity contribution in [2.75, 3.05) is 6.61 Å². The minimum Gasteiger partial charge on any atom is -0.489 e. The maximum absolute atomic E-state index is 13.7. The summed E-state index contributed by atoms with van der Waals surface area (Å²) in [6.07, 6.45) is -0.611. The van der Waals surface area contributed by atoms with Gasteiger partial charge in [0.25, 0.3) is 5.56 Å². The summed E-state index contributed by atoms with van der Waals surface area (Å²) in [7, 11) is 0. The molecule has 1 aromatic heterocycles. The highest BCUT2D eigenvalue weighted by Gasteiger charge is 2.13. The lowest BCUT2D eigenvalue weighted by molar-refractivity contribution is 0.0696. The second kappa shape index (κ2) is 10.7. The molecular weight excluding hydrogens is 443 g/mol. The molecule has 0 aliphatic rings. The fourth-order valence-electron chi connectivity index (χ4n) is 3.46. The number of amides is 1. The van der Waals surface area contributed by atoms with Gasteiger partial charge in [0.2, 0.25) is 0 Å². The lowest BCUT2D eigenvalue weighted by atomic mass is 10.1. The van der Waals surface area contributed by atoms with Gasteiger partial charge in [0, 0.05) is 24.4 Å². The van der Waals surface area contributed by atoms with Gasteiger partial charge in [-0.05, 0) is 61.7 Å². The molecule has 1 amide bonds. The smallest absolute Gasteiger partial charge is 0.407 e. The summed E-state index contributed by atoms with van der Waals surface area (Å²) in [5, 5.41) is 11.8. The Bertz CT molecular complexity index is 1280. The van der Waals surface area contributed by atoms with Gasteiger partial charge < -0.3 is 19.9 Å². The van der Waals surface area contributed by atoms with Gasteiger partial charge in [0.05, 0.1) is 17.9 Å². The van der Waals surface area contributed by atoms with E-state index in [4.69, 9.17) is 9.47 Å². The van der Waals surface area contributed by atoms with Crippen LogP contribution in [0.4, 0.5) is 9.18 Å². The Morgan fingerprint density at radius 3 is 2.50 bits per heavy atom. The number of carboxylic acids is 1. The Labute approximate surface area is 195 Å². The van der Waals surface area contributed by atoms with E-state index in [-0.39, 0.29) is 30.9 Å². The predicted molar refractivity (Wildman–Crippen MR) is 123 cm³/mol. The predicted octanol–water partition coefficient (Wildman–Crippen LogP) is 4.12. The normalized spacial score (nSPS) is 10.6. The number of aromatic carboxylic acids is 1. The molecule has 0 aliphatic carbocycles. The molecule has 0 unspecified atom stereocenters. The molecule has 0 spiro atoms. The first-order chi connectivity index (χ1) is 16.2. The lowest BCUT2D eigenvalue weighted by Crippen LogP contribution is -2.24. The van der Waals surface area contributed by atoms with Crippen molar-refractivity contribution in [3.63, 3.8) is 0 Å². The van der Waals surface area contributed by atoms with Gasteiger partial charge in [0.15, 0.2) is 0 Å². The van der Waals surface area contributed by atoms with E-state index < -0.39 is 17.9 Å². The molecule has 3 rings (SSSR count). The van der Waals surface area contributed by atoms with Crippen LogP contribution in [0.5, 0.6) is 5.75 Å². The number of carbonyl (C=O) groups excluding carboxylic acids is 1. The Hall–Kier alpha value is -4.14. The molecular formula is C25H25FN2O6. The van der Waals surface area contributed by atoms with Gasteiger partial charge in [0.1, 0.15) is 18.2 Å². The molecule has 0 bridgehead atoms. The molecule has 9 heteroatoms. The fourth-order valence-corrected chi connectivity index (χ4v) is 3.46. The number of nitrogens with one attached hydrogen (secondary N) is 1. The standard InChI is InChI=1S/C25H25FN2O6/c1-4-33-25(32)27-13-19-10-20(26)8-7-18(19)14-34-21-9-16(3)28(23(29)12-21)22-11-17(24(30)31)6-5-15(22)2/h5-12H,4,13-14H2,1-3H3,(H,27,32)(H,30,31). The van der Waals surface area contributed by atoms with E-state index in [9.17, 15) is 23.9 Å². The summed E-state index contributed by atoms with van der Waals surface area (Å²) in [4.78, 5) is 35.8. The molecule has 0 radical (unpaired) electrons. The number of alkyl carbamates (subject to hydrolysis) is 1. The van der Waals surface area contributed by atoms with Crippen LogP contribution in [0.2, 0.25) is 0 Å². The van der Waals surface area contributed by atoms with Crippen molar-refractivity contribution in [3.8, 4) is 11.4 Å². The van der Waals surface area contributed by atoms with Gasteiger partial charge in [-0.1, -0.05) is 12.1 Å². The third kappa shape index (κ3) is 5.80. The minimum atomic E-state index is -1.08. The van der Waals surface area contributed by atoms with E-state index in [2.05, 4.69) is 5.32 Å². The number of hydrogen-bond donors (Lipinski definition) is 2. The van der Waals surface area contributed by atoms with Crippen LogP contribution in [0.25, 0.3) is 5.69 Å². The number of aryl methyl sites for hydroxylation is 2. The summed E-state index contributed by atoms with van der Waals surface area (Å²) in [5.41, 5.74) is 2.60. The molecule has 0 atom stereocenters. The van der Waals surface area contributed by atoms with Gasteiger partial charge in [-0.3, -0.25) is 9.36 Å². The number of ether oxygens (including phenoxy) is 2. The maximum atomic E-state index is 13.7. The van der Waals surface area contributed by atoms with E-state index in [0.29, 0.717) is 28.3 Å². The summed E-state index contributed by atoms with van der Waals surface area (Å²) < 4.78 is 25.8. The SMILES string of the molecule is CCOC(=O)NCc1cc(F)ccc1COc1cc(C)n(-c2cc(C(=O)O)ccc2C)c(=O)c1. The third-order valence-corrected chi connectivity index (χ3v) is 5.15. The molecule has 0 aliphatic heterocycles. The van der Waals surface area contributed by atoms with Crippen LogP contribution in [-0.2, 0) is 17.9 Å². The zero-order chi connectivity index (χ0) is 24.8. The Morgan fingerprint density at radius 1 is 1.06 bits per heavy atom.